The van der Waals surface area contributed by atoms with Crippen LogP contribution in [0.1, 0.15) is 74.1 Å². The number of aldehydes is 1. The molecule has 0 aromatic heterocycles. The Morgan fingerprint density at radius 3 is 2.26 bits per heavy atom. The van der Waals surface area contributed by atoms with Crippen molar-refractivity contribution in [2.24, 2.45) is 23.7 Å². The number of methoxy groups -OCH3 is 2. The summed E-state index contributed by atoms with van der Waals surface area (Å²) in [4.78, 5) is 40.7. The van der Waals surface area contributed by atoms with Gasteiger partial charge in [0.05, 0.1) is 43.5 Å². The average molecular weight is 774 g/mol. The van der Waals surface area contributed by atoms with E-state index in [-0.39, 0.29) is 25.2 Å². The van der Waals surface area contributed by atoms with Crippen LogP contribution in [-0.4, -0.2) is 152 Å². The molecule has 0 radical (unpaired) electrons. The Morgan fingerprint density at radius 2 is 1.69 bits per heavy atom. The van der Waals surface area contributed by atoms with Crippen LogP contribution in [-0.2, 0) is 47.5 Å². The van der Waals surface area contributed by atoms with Gasteiger partial charge in [-0.25, -0.2) is 0 Å². The zero-order valence-electron chi connectivity index (χ0n) is 33.9. The summed E-state index contributed by atoms with van der Waals surface area (Å²) < 4.78 is 40.9. The van der Waals surface area contributed by atoms with Gasteiger partial charge in [-0.2, -0.15) is 0 Å². The maximum absolute atomic E-state index is 13.5. The molecule has 0 aliphatic carbocycles. The molecule has 15 nitrogen and oxygen atoms in total. The smallest absolute Gasteiger partial charge is 0.308 e. The number of rotatable bonds is 15. The maximum Gasteiger partial charge on any atom is 0.308 e. The van der Waals surface area contributed by atoms with E-state index < -0.39 is 110 Å². The summed E-state index contributed by atoms with van der Waals surface area (Å²) in [5, 5.41) is 43.7. The van der Waals surface area contributed by atoms with E-state index in [1.165, 1.54) is 20.3 Å². The normalized spacial score (nSPS) is 37.4. The fraction of sp³-hybridized carbons (Fsp3) is 0.821. The first-order chi connectivity index (χ1) is 25.4. The highest BCUT2D eigenvalue weighted by atomic mass is 16.7. The monoisotopic (exact) mass is 773 g/mol. The predicted molar refractivity (Wildman–Crippen MR) is 198 cm³/mol. The van der Waals surface area contributed by atoms with E-state index in [0.29, 0.717) is 12.0 Å². The van der Waals surface area contributed by atoms with Gasteiger partial charge in [-0.05, 0) is 66.6 Å². The standard InChI is InChI=1S/C39H67NO14/c1-12-31-28(20-50-38(26(7)48-10)52-25(6)37(47)49-11)17-21(2)13-14-29(42)22(3)18-27(15-16-41)36(23(4)30(43)19-32(44)53-31)54-39-35(46)33(40(8)9)34(45)24(5)51-39/h13-14,16-17,22-28,30-31,33-39,43,45-47H,12,15,18-20H2,1-11H3/b14-13+,21-17+/t22-,23+,24?,25?,26?,27+,28?,30-,31-,33?,34?,35?,36-,37+,38?,39?/m1/s1. The van der Waals surface area contributed by atoms with Crippen LogP contribution in [0.2, 0.25) is 0 Å². The van der Waals surface area contributed by atoms with Gasteiger partial charge in [0.1, 0.15) is 30.7 Å². The number of aliphatic hydroxyl groups is 4. The Morgan fingerprint density at radius 1 is 1.02 bits per heavy atom. The minimum atomic E-state index is -1.32. The largest absolute Gasteiger partial charge is 0.462 e. The van der Waals surface area contributed by atoms with Crippen molar-refractivity contribution in [2.75, 3.05) is 34.9 Å². The van der Waals surface area contributed by atoms with Crippen LogP contribution in [0.4, 0.5) is 0 Å². The van der Waals surface area contributed by atoms with Gasteiger partial charge in [0.15, 0.2) is 24.7 Å². The first-order valence-corrected chi connectivity index (χ1v) is 19.0. The summed E-state index contributed by atoms with van der Waals surface area (Å²) in [7, 11) is 6.27. The van der Waals surface area contributed by atoms with Crippen molar-refractivity contribution in [3.05, 3.63) is 23.8 Å². The number of likely N-dealkylation sites (N-methyl/N-ethyl adjacent to an activating group) is 1. The molecule has 1 fully saturated rings. The van der Waals surface area contributed by atoms with E-state index in [1.54, 1.807) is 66.6 Å². The first kappa shape index (κ1) is 48.0. The summed E-state index contributed by atoms with van der Waals surface area (Å²) >= 11 is 0. The molecular weight excluding hydrogens is 706 g/mol. The molecule has 0 amide bonds. The number of nitrogens with zero attached hydrogens (tertiary/aromatic N) is 1. The van der Waals surface area contributed by atoms with Crippen molar-refractivity contribution in [1.29, 1.82) is 0 Å². The van der Waals surface area contributed by atoms with Crippen LogP contribution < -0.4 is 0 Å². The number of carbonyl (C=O) groups is 3. The fourth-order valence-electron chi connectivity index (χ4n) is 6.99. The van der Waals surface area contributed by atoms with E-state index in [0.717, 1.165) is 6.29 Å². The molecule has 312 valence electrons. The molecule has 2 heterocycles. The van der Waals surface area contributed by atoms with Crippen molar-refractivity contribution >= 4 is 18.0 Å². The zero-order chi connectivity index (χ0) is 40.9. The van der Waals surface area contributed by atoms with Gasteiger partial charge in [0, 0.05) is 38.4 Å². The van der Waals surface area contributed by atoms with Gasteiger partial charge in [0.2, 0.25) is 0 Å². The van der Waals surface area contributed by atoms with Gasteiger partial charge >= 0.3 is 5.97 Å². The van der Waals surface area contributed by atoms with Crippen LogP contribution in [0, 0.1) is 23.7 Å². The molecule has 0 spiro atoms. The lowest BCUT2D eigenvalue weighted by Crippen LogP contribution is -2.63. The van der Waals surface area contributed by atoms with E-state index >= 15 is 0 Å². The van der Waals surface area contributed by atoms with Crippen molar-refractivity contribution in [2.45, 2.75) is 148 Å². The maximum atomic E-state index is 13.5. The number of hydrogen-bond acceptors (Lipinski definition) is 15. The second-order valence-corrected chi connectivity index (χ2v) is 15.0. The highest BCUT2D eigenvalue weighted by Crippen LogP contribution is 2.34. The highest BCUT2D eigenvalue weighted by molar-refractivity contribution is 5.91. The summed E-state index contributed by atoms with van der Waals surface area (Å²) in [5.74, 6) is -3.39. The van der Waals surface area contributed by atoms with E-state index in [1.807, 2.05) is 13.0 Å². The third kappa shape index (κ3) is 13.8. The minimum Gasteiger partial charge on any atom is -0.462 e. The SMILES string of the molecule is CC[C@H]1OC(=O)C[C@@H](O)[C@H](C)[C@@H](OC2OC(C)C(O)C(N(C)C)C2O)[C@@H](CC=O)C[C@@H](C)C(=O)/C=C/C(C)=C/C1COC(OC(C)[C@@H](O)OC)C(C)OC. The predicted octanol–water partition coefficient (Wildman–Crippen LogP) is 2.16. The number of ether oxygens (including phenoxy) is 7. The molecule has 2 aliphatic rings. The highest BCUT2D eigenvalue weighted by Gasteiger charge is 2.47. The van der Waals surface area contributed by atoms with E-state index in [9.17, 15) is 34.8 Å². The lowest BCUT2D eigenvalue weighted by atomic mass is 9.79. The van der Waals surface area contributed by atoms with Crippen LogP contribution in [0.5, 0.6) is 0 Å². The quantitative estimate of drug-likeness (QED) is 0.107. The van der Waals surface area contributed by atoms with E-state index in [2.05, 4.69) is 0 Å². The summed E-state index contributed by atoms with van der Waals surface area (Å²) in [6.45, 7) is 12.1. The number of carbonyl (C=O) groups excluding carboxylic acids is 3. The molecule has 9 unspecified atom stereocenters. The Balaban J connectivity index is 2.51. The van der Waals surface area contributed by atoms with Gasteiger partial charge in [-0.3, -0.25) is 9.59 Å². The summed E-state index contributed by atoms with van der Waals surface area (Å²) in [6.07, 6.45) is -4.92. The molecule has 0 bridgehead atoms. The van der Waals surface area contributed by atoms with Crippen molar-refractivity contribution in [1.82, 2.24) is 4.90 Å². The number of hydrogen-bond donors (Lipinski definition) is 4. The Bertz CT molecular complexity index is 1210. The topological polar surface area (TPSA) is 200 Å². The van der Waals surface area contributed by atoms with Gasteiger partial charge in [0.25, 0.3) is 0 Å². The molecule has 0 saturated carbocycles. The van der Waals surface area contributed by atoms with Crippen LogP contribution in [0.15, 0.2) is 23.8 Å². The summed E-state index contributed by atoms with van der Waals surface area (Å²) in [6, 6.07) is -0.741. The number of cyclic esters (lactones) is 1. The van der Waals surface area contributed by atoms with Gasteiger partial charge < -0.3 is 63.3 Å². The lowest BCUT2D eigenvalue weighted by molar-refractivity contribution is -0.304. The Kier molecular flexibility index (Phi) is 20.6. The third-order valence-electron chi connectivity index (χ3n) is 10.6. The second-order valence-electron chi connectivity index (χ2n) is 15.0. The first-order valence-electron chi connectivity index (χ1n) is 19.0. The van der Waals surface area contributed by atoms with Crippen LogP contribution in [0.25, 0.3) is 0 Å². The molecule has 2 aliphatic heterocycles. The Labute approximate surface area is 320 Å². The number of esters is 1. The van der Waals surface area contributed by atoms with Crippen molar-refractivity contribution in [3.63, 3.8) is 0 Å². The fourth-order valence-corrected chi connectivity index (χ4v) is 6.99. The Hall–Kier alpha value is -2.15. The van der Waals surface area contributed by atoms with Crippen molar-refractivity contribution < 1.29 is 68.0 Å². The lowest BCUT2D eigenvalue weighted by Gasteiger charge is -2.46. The molecule has 15 heteroatoms. The molecular formula is C39H67NO14. The van der Waals surface area contributed by atoms with E-state index in [4.69, 9.17) is 33.2 Å². The number of ketones is 1. The zero-order valence-corrected chi connectivity index (χ0v) is 33.9. The number of allylic oxidation sites excluding steroid dienone is 3. The molecule has 4 N–H and O–H groups in total. The minimum absolute atomic E-state index is 0.00248. The molecule has 0 aromatic carbocycles. The van der Waals surface area contributed by atoms with Crippen LogP contribution >= 0.6 is 0 Å². The molecule has 1 saturated heterocycles. The van der Waals surface area contributed by atoms with Gasteiger partial charge in [-0.15, -0.1) is 0 Å². The molecule has 16 atom stereocenters. The number of aliphatic hydroxyl groups excluding tert-OH is 4. The molecule has 2 rings (SSSR count). The van der Waals surface area contributed by atoms with Crippen LogP contribution in [0.3, 0.4) is 0 Å². The molecule has 54 heavy (non-hydrogen) atoms. The summed E-state index contributed by atoms with van der Waals surface area (Å²) in [5.41, 5.74) is 0.695. The van der Waals surface area contributed by atoms with Gasteiger partial charge in [-0.1, -0.05) is 38.5 Å². The molecule has 0 aromatic rings. The third-order valence-corrected chi connectivity index (χ3v) is 10.6. The average Bonchev–Trinajstić information content (AvgIpc) is 3.12. The second kappa shape index (κ2) is 23.2. The van der Waals surface area contributed by atoms with Crippen molar-refractivity contribution in [3.8, 4) is 0 Å².